The Hall–Kier alpha value is -1.41. The highest BCUT2D eigenvalue weighted by Gasteiger charge is 2.15. The van der Waals surface area contributed by atoms with Gasteiger partial charge in [-0.1, -0.05) is 36.4 Å². The third kappa shape index (κ3) is 3.13. The van der Waals surface area contributed by atoms with Crippen LogP contribution in [0.4, 0.5) is 5.69 Å². The van der Waals surface area contributed by atoms with Crippen LogP contribution in [0.5, 0.6) is 0 Å². The van der Waals surface area contributed by atoms with E-state index in [0.29, 0.717) is 0 Å². The van der Waals surface area contributed by atoms with E-state index in [-0.39, 0.29) is 0 Å². The smallest absolute Gasteiger partial charge is 0.0399 e. The Morgan fingerprint density at radius 3 is 2.63 bits per heavy atom. The number of anilines is 1. The van der Waals surface area contributed by atoms with Gasteiger partial charge in [0.05, 0.1) is 0 Å². The van der Waals surface area contributed by atoms with Crippen molar-refractivity contribution in [3.8, 4) is 0 Å². The molecule has 19 heavy (non-hydrogen) atoms. The summed E-state index contributed by atoms with van der Waals surface area (Å²) >= 11 is 1.95. The van der Waals surface area contributed by atoms with Gasteiger partial charge < -0.3 is 4.90 Å². The number of nitrogens with zero attached hydrogens (tertiary/aromatic N) is 1. The van der Waals surface area contributed by atoms with E-state index >= 15 is 0 Å². The van der Waals surface area contributed by atoms with Gasteiger partial charge in [0, 0.05) is 29.4 Å². The summed E-state index contributed by atoms with van der Waals surface area (Å²) in [5, 5.41) is 0. The molecule has 2 heteroatoms. The highest BCUT2D eigenvalue weighted by Crippen LogP contribution is 2.27. The Morgan fingerprint density at radius 2 is 1.74 bits per heavy atom. The minimum absolute atomic E-state index is 1.14. The van der Waals surface area contributed by atoms with Crippen molar-refractivity contribution in [3.05, 3.63) is 60.2 Å². The van der Waals surface area contributed by atoms with Crippen molar-refractivity contribution in [1.82, 2.24) is 0 Å². The van der Waals surface area contributed by atoms with Gasteiger partial charge in [0.1, 0.15) is 0 Å². The average molecular weight is 269 g/mol. The van der Waals surface area contributed by atoms with Crippen molar-refractivity contribution < 1.29 is 0 Å². The van der Waals surface area contributed by atoms with Gasteiger partial charge in [-0.3, -0.25) is 0 Å². The summed E-state index contributed by atoms with van der Waals surface area (Å²) in [5.41, 5.74) is 2.96. The fourth-order valence-corrected chi connectivity index (χ4v) is 3.53. The molecule has 0 radical (unpaired) electrons. The SMILES string of the molecule is c1ccc(SCCN2CCCc3ccccc32)cc1. The van der Waals surface area contributed by atoms with Gasteiger partial charge in [0.15, 0.2) is 0 Å². The Kier molecular flexibility index (Phi) is 4.09. The van der Waals surface area contributed by atoms with Gasteiger partial charge in [0.2, 0.25) is 0 Å². The second-order valence-electron chi connectivity index (χ2n) is 4.88. The molecule has 0 amide bonds. The number of thioether (sulfide) groups is 1. The monoisotopic (exact) mass is 269 g/mol. The lowest BCUT2D eigenvalue weighted by atomic mass is 10.0. The maximum Gasteiger partial charge on any atom is 0.0399 e. The molecule has 0 saturated carbocycles. The molecule has 0 unspecified atom stereocenters. The van der Waals surface area contributed by atoms with Gasteiger partial charge in [-0.05, 0) is 36.6 Å². The molecule has 0 atom stereocenters. The van der Waals surface area contributed by atoms with Crippen molar-refractivity contribution in [2.24, 2.45) is 0 Å². The number of hydrogen-bond donors (Lipinski definition) is 0. The largest absolute Gasteiger partial charge is 0.370 e. The van der Waals surface area contributed by atoms with Crippen LogP contribution in [0.25, 0.3) is 0 Å². The molecule has 0 aromatic heterocycles. The fourth-order valence-electron chi connectivity index (χ4n) is 2.63. The van der Waals surface area contributed by atoms with Crippen LogP contribution in [0.1, 0.15) is 12.0 Å². The molecule has 1 aliphatic heterocycles. The molecule has 2 aromatic carbocycles. The van der Waals surface area contributed by atoms with Crippen molar-refractivity contribution >= 4 is 17.4 Å². The zero-order valence-corrected chi connectivity index (χ0v) is 11.9. The molecule has 0 bridgehead atoms. The van der Waals surface area contributed by atoms with E-state index in [2.05, 4.69) is 59.5 Å². The van der Waals surface area contributed by atoms with Crippen LogP contribution in [0, 0.1) is 0 Å². The van der Waals surface area contributed by atoms with E-state index < -0.39 is 0 Å². The first-order valence-corrected chi connectivity index (χ1v) is 7.93. The second-order valence-corrected chi connectivity index (χ2v) is 6.05. The molecule has 1 nitrogen and oxygen atoms in total. The number of fused-ring (bicyclic) bond motifs is 1. The first-order valence-electron chi connectivity index (χ1n) is 6.94. The molecule has 3 rings (SSSR count). The maximum absolute atomic E-state index is 2.54. The number of para-hydroxylation sites is 1. The van der Waals surface area contributed by atoms with E-state index in [9.17, 15) is 0 Å². The zero-order valence-electron chi connectivity index (χ0n) is 11.1. The molecule has 0 N–H and O–H groups in total. The minimum Gasteiger partial charge on any atom is -0.370 e. The first kappa shape index (κ1) is 12.6. The summed E-state index contributed by atoms with van der Waals surface area (Å²) in [7, 11) is 0. The summed E-state index contributed by atoms with van der Waals surface area (Å²) in [6.07, 6.45) is 2.52. The number of benzene rings is 2. The average Bonchev–Trinajstić information content (AvgIpc) is 2.49. The number of rotatable bonds is 4. The Morgan fingerprint density at radius 1 is 0.947 bits per heavy atom. The number of aryl methyl sites for hydroxylation is 1. The summed E-state index contributed by atoms with van der Waals surface area (Å²) in [6, 6.07) is 19.5. The molecular formula is C17H19NS. The summed E-state index contributed by atoms with van der Waals surface area (Å²) < 4.78 is 0. The van der Waals surface area contributed by atoms with E-state index in [1.165, 1.54) is 35.5 Å². The normalized spacial score (nSPS) is 14.2. The molecule has 0 spiro atoms. The van der Waals surface area contributed by atoms with Crippen LogP contribution < -0.4 is 4.90 Å². The van der Waals surface area contributed by atoms with Crippen LogP contribution in [0.2, 0.25) is 0 Å². The van der Waals surface area contributed by atoms with Crippen LogP contribution in [-0.2, 0) is 6.42 Å². The van der Waals surface area contributed by atoms with E-state index in [1.807, 2.05) is 11.8 Å². The Bertz CT molecular complexity index is 524. The molecular weight excluding hydrogens is 250 g/mol. The predicted octanol–water partition coefficient (Wildman–Crippen LogP) is 4.23. The second kappa shape index (κ2) is 6.16. The highest BCUT2D eigenvalue weighted by atomic mass is 32.2. The van der Waals surface area contributed by atoms with Crippen LogP contribution in [-0.4, -0.2) is 18.8 Å². The lowest BCUT2D eigenvalue weighted by Gasteiger charge is -2.31. The topological polar surface area (TPSA) is 3.24 Å². The van der Waals surface area contributed by atoms with Crippen molar-refractivity contribution in [2.75, 3.05) is 23.7 Å². The number of hydrogen-bond acceptors (Lipinski definition) is 2. The lowest BCUT2D eigenvalue weighted by Crippen LogP contribution is -2.31. The van der Waals surface area contributed by atoms with E-state index in [0.717, 1.165) is 12.3 Å². The van der Waals surface area contributed by atoms with Gasteiger partial charge in [-0.15, -0.1) is 11.8 Å². The van der Waals surface area contributed by atoms with Gasteiger partial charge in [-0.2, -0.15) is 0 Å². The van der Waals surface area contributed by atoms with E-state index in [4.69, 9.17) is 0 Å². The third-order valence-corrected chi connectivity index (χ3v) is 4.57. The molecule has 2 aromatic rings. The molecule has 1 heterocycles. The van der Waals surface area contributed by atoms with Crippen molar-refractivity contribution in [2.45, 2.75) is 17.7 Å². The quantitative estimate of drug-likeness (QED) is 0.764. The maximum atomic E-state index is 2.54. The summed E-state index contributed by atoms with van der Waals surface area (Å²) in [6.45, 7) is 2.34. The van der Waals surface area contributed by atoms with Gasteiger partial charge >= 0.3 is 0 Å². The van der Waals surface area contributed by atoms with Crippen LogP contribution in [0.15, 0.2) is 59.5 Å². The lowest BCUT2D eigenvalue weighted by molar-refractivity contribution is 0.710. The molecule has 1 aliphatic rings. The summed E-state index contributed by atoms with van der Waals surface area (Å²) in [4.78, 5) is 3.90. The third-order valence-electron chi connectivity index (χ3n) is 3.58. The molecule has 0 aliphatic carbocycles. The zero-order chi connectivity index (χ0) is 12.9. The summed E-state index contributed by atoms with van der Waals surface area (Å²) in [5.74, 6) is 1.15. The first-order chi connectivity index (χ1) is 9.43. The Balaban J connectivity index is 1.59. The fraction of sp³-hybridized carbons (Fsp3) is 0.294. The van der Waals surface area contributed by atoms with E-state index in [1.54, 1.807) is 0 Å². The molecule has 98 valence electrons. The Labute approximate surface area is 119 Å². The predicted molar refractivity (Wildman–Crippen MR) is 84.1 cm³/mol. The van der Waals surface area contributed by atoms with Gasteiger partial charge in [-0.25, -0.2) is 0 Å². The minimum atomic E-state index is 1.14. The molecule has 0 fully saturated rings. The highest BCUT2D eigenvalue weighted by molar-refractivity contribution is 7.99. The van der Waals surface area contributed by atoms with Crippen molar-refractivity contribution in [1.29, 1.82) is 0 Å². The van der Waals surface area contributed by atoms with Gasteiger partial charge in [0.25, 0.3) is 0 Å². The molecule has 0 saturated heterocycles. The van der Waals surface area contributed by atoms with Crippen molar-refractivity contribution in [3.63, 3.8) is 0 Å². The van der Waals surface area contributed by atoms with Crippen LogP contribution >= 0.6 is 11.8 Å². The standard InChI is InChI=1S/C17H19NS/c1-2-9-16(10-3-1)19-14-13-18-12-6-8-15-7-4-5-11-17(15)18/h1-5,7,9-11H,6,8,12-14H2. The van der Waals surface area contributed by atoms with Crippen LogP contribution in [0.3, 0.4) is 0 Å².